The third-order valence-corrected chi connectivity index (χ3v) is 1.40. The zero-order valence-electron chi connectivity index (χ0n) is 5.76. The van der Waals surface area contributed by atoms with Gasteiger partial charge in [0.25, 0.3) is 5.91 Å². The van der Waals surface area contributed by atoms with Gasteiger partial charge in [-0.2, -0.15) is 0 Å². The Labute approximate surface area is 54.6 Å². The first-order valence-electron chi connectivity index (χ1n) is 3.09. The van der Waals surface area contributed by atoms with Crippen molar-refractivity contribution in [2.24, 2.45) is 0 Å². The van der Waals surface area contributed by atoms with Crippen LogP contribution in [0.2, 0.25) is 0 Å². The molecule has 0 bridgehead atoms. The Kier molecular flexibility index (Phi) is 1.71. The summed E-state index contributed by atoms with van der Waals surface area (Å²) >= 11 is 0. The molecule has 0 unspecified atom stereocenters. The number of hydrogen-bond donors (Lipinski definition) is 0. The zero-order chi connectivity index (χ0) is 6.85. The Morgan fingerprint density at radius 2 is 2.33 bits per heavy atom. The third kappa shape index (κ3) is 1.21. The average Bonchev–Trinajstić information content (AvgIpc) is 2.13. The average molecular weight is 129 g/mol. The van der Waals surface area contributed by atoms with Crippen molar-refractivity contribution in [1.29, 1.82) is 0 Å². The zero-order valence-corrected chi connectivity index (χ0v) is 5.76. The summed E-state index contributed by atoms with van der Waals surface area (Å²) in [6.45, 7) is 4.69. The summed E-state index contributed by atoms with van der Waals surface area (Å²) in [7, 11) is 0. The predicted octanol–water partition coefficient (Wildman–Crippen LogP) is 0.211. The standard InChI is InChI=1S/C6H11NO2/c1-5(2)7-4-9-3-6(7)8/h5H,3-4H2,1-2H3. The minimum Gasteiger partial charge on any atom is -0.351 e. The first-order chi connectivity index (χ1) is 4.22. The van der Waals surface area contributed by atoms with E-state index in [-0.39, 0.29) is 18.6 Å². The van der Waals surface area contributed by atoms with Gasteiger partial charge in [0.1, 0.15) is 13.3 Å². The molecule has 0 aromatic carbocycles. The van der Waals surface area contributed by atoms with Crippen LogP contribution < -0.4 is 0 Å². The van der Waals surface area contributed by atoms with Crippen LogP contribution in [0.3, 0.4) is 0 Å². The van der Waals surface area contributed by atoms with Crippen molar-refractivity contribution < 1.29 is 9.53 Å². The van der Waals surface area contributed by atoms with Gasteiger partial charge >= 0.3 is 0 Å². The highest BCUT2D eigenvalue weighted by atomic mass is 16.5. The molecule has 1 rings (SSSR count). The molecule has 0 N–H and O–H groups in total. The summed E-state index contributed by atoms with van der Waals surface area (Å²) in [6.07, 6.45) is 0. The second-order valence-electron chi connectivity index (χ2n) is 2.43. The molecule has 1 amide bonds. The van der Waals surface area contributed by atoms with Gasteiger partial charge in [-0.15, -0.1) is 0 Å². The van der Waals surface area contributed by atoms with E-state index in [9.17, 15) is 4.79 Å². The van der Waals surface area contributed by atoms with Gasteiger partial charge in [0, 0.05) is 6.04 Å². The van der Waals surface area contributed by atoms with Crippen molar-refractivity contribution in [3.8, 4) is 0 Å². The molecular weight excluding hydrogens is 118 g/mol. The molecule has 0 aliphatic carbocycles. The van der Waals surface area contributed by atoms with Gasteiger partial charge in [0.15, 0.2) is 0 Å². The lowest BCUT2D eigenvalue weighted by atomic mass is 10.3. The third-order valence-electron chi connectivity index (χ3n) is 1.40. The van der Waals surface area contributed by atoms with Crippen LogP contribution in [-0.4, -0.2) is 30.2 Å². The highest BCUT2D eigenvalue weighted by Crippen LogP contribution is 2.05. The Balaban J connectivity index is 2.49. The lowest BCUT2D eigenvalue weighted by molar-refractivity contribution is -0.128. The lowest BCUT2D eigenvalue weighted by Crippen LogP contribution is -2.32. The van der Waals surface area contributed by atoms with Crippen LogP contribution in [0.4, 0.5) is 0 Å². The normalized spacial score (nSPS) is 19.9. The van der Waals surface area contributed by atoms with Crippen LogP contribution in [-0.2, 0) is 9.53 Å². The molecule has 1 aliphatic rings. The lowest BCUT2D eigenvalue weighted by Gasteiger charge is -2.17. The maximum absolute atomic E-state index is 10.8. The summed E-state index contributed by atoms with van der Waals surface area (Å²) in [5, 5.41) is 0. The molecule has 0 saturated carbocycles. The van der Waals surface area contributed by atoms with E-state index in [1.54, 1.807) is 4.90 Å². The maximum Gasteiger partial charge on any atom is 0.250 e. The number of hydrogen-bond acceptors (Lipinski definition) is 2. The summed E-state index contributed by atoms with van der Waals surface area (Å²) in [6, 6.07) is 0.278. The number of nitrogens with zero attached hydrogens (tertiary/aromatic N) is 1. The summed E-state index contributed by atoms with van der Waals surface area (Å²) in [4.78, 5) is 12.5. The van der Waals surface area contributed by atoms with Gasteiger partial charge in [-0.05, 0) is 13.8 Å². The number of carbonyl (C=O) groups excluding carboxylic acids is 1. The van der Waals surface area contributed by atoms with E-state index in [0.717, 1.165) is 0 Å². The fourth-order valence-electron chi connectivity index (χ4n) is 0.823. The Bertz CT molecular complexity index is 122. The van der Waals surface area contributed by atoms with E-state index < -0.39 is 0 Å². The van der Waals surface area contributed by atoms with Crippen molar-refractivity contribution in [3.05, 3.63) is 0 Å². The predicted molar refractivity (Wildman–Crippen MR) is 32.8 cm³/mol. The number of amides is 1. The van der Waals surface area contributed by atoms with Crippen LogP contribution in [0, 0.1) is 0 Å². The topological polar surface area (TPSA) is 29.5 Å². The fraction of sp³-hybridized carbons (Fsp3) is 0.833. The van der Waals surface area contributed by atoms with E-state index in [4.69, 9.17) is 4.74 Å². The SMILES string of the molecule is CC(C)N1COCC1=O. The second-order valence-corrected chi connectivity index (χ2v) is 2.43. The van der Waals surface area contributed by atoms with E-state index >= 15 is 0 Å². The quantitative estimate of drug-likeness (QED) is 0.506. The molecule has 52 valence electrons. The Morgan fingerprint density at radius 1 is 1.67 bits per heavy atom. The molecule has 0 aromatic rings. The van der Waals surface area contributed by atoms with E-state index in [1.165, 1.54) is 0 Å². The largest absolute Gasteiger partial charge is 0.351 e. The molecular formula is C6H11NO2. The van der Waals surface area contributed by atoms with E-state index in [2.05, 4.69) is 0 Å². The molecule has 1 fully saturated rings. The van der Waals surface area contributed by atoms with Crippen LogP contribution in [0.25, 0.3) is 0 Å². The van der Waals surface area contributed by atoms with Gasteiger partial charge in [-0.1, -0.05) is 0 Å². The smallest absolute Gasteiger partial charge is 0.250 e. The first-order valence-corrected chi connectivity index (χ1v) is 3.09. The van der Waals surface area contributed by atoms with Crippen molar-refractivity contribution in [3.63, 3.8) is 0 Å². The van der Waals surface area contributed by atoms with Gasteiger partial charge in [-0.3, -0.25) is 4.79 Å². The molecule has 0 aromatic heterocycles. The molecule has 9 heavy (non-hydrogen) atoms. The minimum absolute atomic E-state index is 0.102. The number of rotatable bonds is 1. The Hall–Kier alpha value is -0.570. The van der Waals surface area contributed by atoms with Gasteiger partial charge in [0.2, 0.25) is 0 Å². The highest BCUT2D eigenvalue weighted by molar-refractivity contribution is 5.78. The van der Waals surface area contributed by atoms with Gasteiger partial charge in [0.05, 0.1) is 0 Å². The van der Waals surface area contributed by atoms with E-state index in [0.29, 0.717) is 6.73 Å². The minimum atomic E-state index is 0.102. The number of carbonyl (C=O) groups is 1. The highest BCUT2D eigenvalue weighted by Gasteiger charge is 2.22. The number of ether oxygens (including phenoxy) is 1. The van der Waals surface area contributed by atoms with E-state index in [1.807, 2.05) is 13.8 Å². The van der Waals surface area contributed by atoms with Crippen molar-refractivity contribution in [1.82, 2.24) is 4.90 Å². The first kappa shape index (κ1) is 6.55. The van der Waals surface area contributed by atoms with Crippen molar-refractivity contribution in [2.45, 2.75) is 19.9 Å². The second kappa shape index (κ2) is 2.35. The van der Waals surface area contributed by atoms with Crippen molar-refractivity contribution in [2.75, 3.05) is 13.3 Å². The van der Waals surface area contributed by atoms with Crippen LogP contribution in [0.1, 0.15) is 13.8 Å². The molecule has 0 radical (unpaired) electrons. The molecule has 1 saturated heterocycles. The van der Waals surface area contributed by atoms with Crippen LogP contribution in [0.15, 0.2) is 0 Å². The van der Waals surface area contributed by atoms with Gasteiger partial charge in [-0.25, -0.2) is 0 Å². The van der Waals surface area contributed by atoms with Crippen molar-refractivity contribution >= 4 is 5.91 Å². The van der Waals surface area contributed by atoms with Crippen LogP contribution >= 0.6 is 0 Å². The molecule has 0 atom stereocenters. The summed E-state index contributed by atoms with van der Waals surface area (Å²) < 4.78 is 4.91. The molecule has 1 heterocycles. The summed E-state index contributed by atoms with van der Waals surface area (Å²) in [5.41, 5.74) is 0. The molecule has 3 heteroatoms. The molecule has 3 nitrogen and oxygen atoms in total. The Morgan fingerprint density at radius 3 is 2.56 bits per heavy atom. The monoisotopic (exact) mass is 129 g/mol. The molecule has 0 spiro atoms. The van der Waals surface area contributed by atoms with Crippen LogP contribution in [0.5, 0.6) is 0 Å². The van der Waals surface area contributed by atoms with Gasteiger partial charge < -0.3 is 9.64 Å². The molecule has 1 aliphatic heterocycles. The fourth-order valence-corrected chi connectivity index (χ4v) is 0.823. The maximum atomic E-state index is 10.8. The summed E-state index contributed by atoms with van der Waals surface area (Å²) in [5.74, 6) is 0.102.